The summed E-state index contributed by atoms with van der Waals surface area (Å²) in [5.74, 6) is 0.832. The van der Waals surface area contributed by atoms with Crippen molar-refractivity contribution in [3.8, 4) is 5.82 Å². The van der Waals surface area contributed by atoms with E-state index < -0.39 is 0 Å². The van der Waals surface area contributed by atoms with Crippen LogP contribution in [0.4, 0.5) is 0 Å². The predicted octanol–water partition coefficient (Wildman–Crippen LogP) is 2.25. The Morgan fingerprint density at radius 1 is 1.43 bits per heavy atom. The van der Waals surface area contributed by atoms with E-state index in [-0.39, 0.29) is 11.2 Å². The third-order valence-corrected chi connectivity index (χ3v) is 4.15. The molecular weight excluding hydrogens is 284 g/mol. The van der Waals surface area contributed by atoms with Gasteiger partial charge in [-0.25, -0.2) is 9.67 Å². The lowest BCUT2D eigenvalue weighted by molar-refractivity contribution is -0.120. The van der Waals surface area contributed by atoms with Crippen LogP contribution in [0.15, 0.2) is 24.4 Å². The van der Waals surface area contributed by atoms with Crippen molar-refractivity contribution in [3.63, 3.8) is 0 Å². The number of hydrogen-bond donors (Lipinski definition) is 1. The van der Waals surface area contributed by atoms with Crippen molar-refractivity contribution < 1.29 is 4.79 Å². The second-order valence-corrected chi connectivity index (χ2v) is 6.14. The second kappa shape index (κ2) is 6.76. The summed E-state index contributed by atoms with van der Waals surface area (Å²) in [5, 5.41) is 7.27. The lowest BCUT2D eigenvalue weighted by atomic mass is 10.2. The highest BCUT2D eigenvalue weighted by Gasteiger charge is 2.10. The van der Waals surface area contributed by atoms with E-state index in [4.69, 9.17) is 0 Å². The van der Waals surface area contributed by atoms with Crippen LogP contribution in [0.2, 0.25) is 0 Å². The molecule has 6 heteroatoms. The summed E-state index contributed by atoms with van der Waals surface area (Å²) in [6.07, 6.45) is 3.70. The number of rotatable bonds is 5. The number of nitrogens with zero attached hydrogens (tertiary/aromatic N) is 3. The fraction of sp³-hybridized carbons (Fsp3) is 0.400. The van der Waals surface area contributed by atoms with Crippen LogP contribution in [0.5, 0.6) is 0 Å². The van der Waals surface area contributed by atoms with E-state index in [0.29, 0.717) is 6.54 Å². The van der Waals surface area contributed by atoms with E-state index in [9.17, 15) is 4.79 Å². The topological polar surface area (TPSA) is 59.8 Å². The van der Waals surface area contributed by atoms with Gasteiger partial charge in [0.15, 0.2) is 5.82 Å². The Hall–Kier alpha value is -1.82. The second-order valence-electron chi connectivity index (χ2n) is 4.96. The molecule has 2 heterocycles. The first-order valence-corrected chi connectivity index (χ1v) is 8.09. The largest absolute Gasteiger partial charge is 0.351 e. The van der Waals surface area contributed by atoms with Crippen molar-refractivity contribution in [1.29, 1.82) is 0 Å². The maximum atomic E-state index is 11.7. The van der Waals surface area contributed by atoms with Crippen molar-refractivity contribution in [2.45, 2.75) is 32.6 Å². The summed E-state index contributed by atoms with van der Waals surface area (Å²) in [6, 6.07) is 5.89. The number of carbonyl (C=O) groups is 1. The highest BCUT2D eigenvalue weighted by molar-refractivity contribution is 7.99. The Kier molecular flexibility index (Phi) is 5.01. The zero-order valence-corrected chi connectivity index (χ0v) is 13.6. The molecule has 112 valence electrons. The van der Waals surface area contributed by atoms with Crippen LogP contribution < -0.4 is 5.32 Å². The molecule has 1 N–H and O–H groups in total. The van der Waals surface area contributed by atoms with Crippen LogP contribution in [0.25, 0.3) is 5.82 Å². The van der Waals surface area contributed by atoms with Crippen LogP contribution in [0, 0.1) is 13.8 Å². The molecule has 2 aromatic heterocycles. The zero-order valence-electron chi connectivity index (χ0n) is 12.8. The summed E-state index contributed by atoms with van der Waals surface area (Å²) in [5.41, 5.74) is 2.99. The van der Waals surface area contributed by atoms with Gasteiger partial charge in [-0.2, -0.15) is 16.9 Å². The third kappa shape index (κ3) is 3.85. The Morgan fingerprint density at radius 2 is 2.19 bits per heavy atom. The minimum atomic E-state index is -0.0352. The average Bonchev–Trinajstić information content (AvgIpc) is 2.83. The van der Waals surface area contributed by atoms with Gasteiger partial charge in [0.2, 0.25) is 5.91 Å². The first kappa shape index (κ1) is 15.6. The van der Waals surface area contributed by atoms with Gasteiger partial charge in [-0.15, -0.1) is 0 Å². The number of aromatic nitrogens is 3. The number of aryl methyl sites for hydroxylation is 2. The number of hydrogen-bond acceptors (Lipinski definition) is 4. The molecule has 0 aliphatic carbocycles. The number of carbonyl (C=O) groups excluding carboxylic acids is 1. The van der Waals surface area contributed by atoms with Gasteiger partial charge in [0.1, 0.15) is 0 Å². The third-order valence-electron chi connectivity index (χ3n) is 3.23. The smallest absolute Gasteiger partial charge is 0.233 e. The van der Waals surface area contributed by atoms with Crippen molar-refractivity contribution in [2.75, 3.05) is 6.26 Å². The summed E-state index contributed by atoms with van der Waals surface area (Å²) in [4.78, 5) is 16.1. The van der Waals surface area contributed by atoms with Gasteiger partial charge >= 0.3 is 0 Å². The van der Waals surface area contributed by atoms with Gasteiger partial charge in [-0.3, -0.25) is 4.79 Å². The van der Waals surface area contributed by atoms with Crippen LogP contribution in [-0.2, 0) is 11.3 Å². The standard InChI is InChI=1S/C15H20N4OS/c1-10-7-11(2)19(18-10)14-6-5-13(8-16-14)9-17-15(20)12(3)21-4/h5-8,12H,9H2,1-4H3,(H,17,20). The molecule has 0 saturated carbocycles. The molecular formula is C15H20N4OS. The highest BCUT2D eigenvalue weighted by Crippen LogP contribution is 2.10. The lowest BCUT2D eigenvalue weighted by Gasteiger charge is -2.10. The van der Waals surface area contributed by atoms with Crippen LogP contribution in [0.1, 0.15) is 23.9 Å². The molecule has 1 atom stereocenters. The normalized spacial score (nSPS) is 12.2. The summed E-state index contributed by atoms with van der Waals surface area (Å²) < 4.78 is 1.81. The first-order chi connectivity index (χ1) is 10.0. The fourth-order valence-corrected chi connectivity index (χ4v) is 2.24. The average molecular weight is 304 g/mol. The maximum absolute atomic E-state index is 11.7. The monoisotopic (exact) mass is 304 g/mol. The van der Waals surface area contributed by atoms with Gasteiger partial charge in [-0.1, -0.05) is 6.07 Å². The van der Waals surface area contributed by atoms with Crippen molar-refractivity contribution in [1.82, 2.24) is 20.1 Å². The predicted molar refractivity (Wildman–Crippen MR) is 85.7 cm³/mol. The molecule has 0 radical (unpaired) electrons. The molecule has 21 heavy (non-hydrogen) atoms. The number of nitrogens with one attached hydrogen (secondary N) is 1. The Morgan fingerprint density at radius 3 is 2.71 bits per heavy atom. The number of thioether (sulfide) groups is 1. The van der Waals surface area contributed by atoms with E-state index in [1.807, 2.05) is 49.9 Å². The quantitative estimate of drug-likeness (QED) is 0.920. The molecule has 0 bridgehead atoms. The molecule has 0 aromatic carbocycles. The minimum absolute atomic E-state index is 0.0352. The zero-order chi connectivity index (χ0) is 15.4. The van der Waals surface area contributed by atoms with Gasteiger partial charge in [0, 0.05) is 18.4 Å². The van der Waals surface area contributed by atoms with Crippen LogP contribution in [0.3, 0.4) is 0 Å². The summed E-state index contributed by atoms with van der Waals surface area (Å²) >= 11 is 1.53. The molecule has 5 nitrogen and oxygen atoms in total. The van der Waals surface area contributed by atoms with Gasteiger partial charge in [0.25, 0.3) is 0 Å². The van der Waals surface area contributed by atoms with E-state index in [1.165, 1.54) is 11.8 Å². The van der Waals surface area contributed by atoms with Crippen molar-refractivity contribution in [3.05, 3.63) is 41.3 Å². The molecule has 0 aliphatic heterocycles. The highest BCUT2D eigenvalue weighted by atomic mass is 32.2. The SMILES string of the molecule is CSC(C)C(=O)NCc1ccc(-n2nc(C)cc2C)nc1. The molecule has 0 saturated heterocycles. The summed E-state index contributed by atoms with van der Waals surface area (Å²) in [6.45, 7) is 6.35. The summed E-state index contributed by atoms with van der Waals surface area (Å²) in [7, 11) is 0. The Labute approximate surface area is 129 Å². The van der Waals surface area contributed by atoms with Crippen LogP contribution >= 0.6 is 11.8 Å². The molecule has 2 rings (SSSR count). The lowest BCUT2D eigenvalue weighted by Crippen LogP contribution is -2.30. The fourth-order valence-electron chi connectivity index (χ4n) is 1.95. The molecule has 0 aliphatic rings. The van der Waals surface area contributed by atoms with Gasteiger partial charge in [-0.05, 0) is 44.7 Å². The van der Waals surface area contributed by atoms with Gasteiger partial charge < -0.3 is 5.32 Å². The van der Waals surface area contributed by atoms with Gasteiger partial charge in [0.05, 0.1) is 10.9 Å². The Bertz CT molecular complexity index is 621. The van der Waals surface area contributed by atoms with Crippen LogP contribution in [-0.4, -0.2) is 32.2 Å². The molecule has 0 fully saturated rings. The number of pyridine rings is 1. The molecule has 0 spiro atoms. The van der Waals surface area contributed by atoms with Crippen molar-refractivity contribution in [2.24, 2.45) is 0 Å². The minimum Gasteiger partial charge on any atom is -0.351 e. The number of amides is 1. The molecule has 2 aromatic rings. The maximum Gasteiger partial charge on any atom is 0.233 e. The first-order valence-electron chi connectivity index (χ1n) is 6.80. The van der Waals surface area contributed by atoms with Crippen molar-refractivity contribution >= 4 is 17.7 Å². The Balaban J connectivity index is 2.03. The molecule has 1 unspecified atom stereocenters. The molecule has 1 amide bonds. The van der Waals surface area contributed by atoms with E-state index >= 15 is 0 Å². The van der Waals surface area contributed by atoms with E-state index in [0.717, 1.165) is 22.8 Å². The van der Waals surface area contributed by atoms with E-state index in [2.05, 4.69) is 15.4 Å². The van der Waals surface area contributed by atoms with E-state index in [1.54, 1.807) is 6.20 Å².